The minimum atomic E-state index is -0.0613. The molecule has 4 heteroatoms. The zero-order valence-electron chi connectivity index (χ0n) is 7.14. The fourth-order valence-electron chi connectivity index (χ4n) is 0.961. The molecule has 70 valence electrons. The van der Waals surface area contributed by atoms with Crippen LogP contribution in [0.4, 0.5) is 0 Å². The van der Waals surface area contributed by atoms with Gasteiger partial charge in [-0.2, -0.15) is 0 Å². The van der Waals surface area contributed by atoms with E-state index in [9.17, 15) is 0 Å². The van der Waals surface area contributed by atoms with E-state index in [1.54, 1.807) is 0 Å². The maximum absolute atomic E-state index is 5.77. The molecule has 0 aliphatic carbocycles. The van der Waals surface area contributed by atoms with Crippen LogP contribution in [0.2, 0.25) is 0 Å². The Labute approximate surface area is 105 Å². The second-order valence-electron chi connectivity index (χ2n) is 3.19. The predicted molar refractivity (Wildman–Crippen MR) is 72.4 cm³/mol. The highest BCUT2D eigenvalue weighted by molar-refractivity contribution is 14.1. The van der Waals surface area contributed by atoms with Crippen LogP contribution in [0.1, 0.15) is 13.8 Å². The van der Waals surface area contributed by atoms with Gasteiger partial charge in [0.25, 0.3) is 0 Å². The van der Waals surface area contributed by atoms with Crippen molar-refractivity contribution in [1.29, 1.82) is 0 Å². The zero-order valence-corrected chi connectivity index (χ0v) is 12.3. The van der Waals surface area contributed by atoms with Gasteiger partial charge in [-0.15, -0.1) is 11.8 Å². The lowest BCUT2D eigenvalue weighted by atomic mass is 10.1. The van der Waals surface area contributed by atoms with E-state index in [2.05, 4.69) is 63.1 Å². The molecule has 0 saturated carbocycles. The van der Waals surface area contributed by atoms with Crippen LogP contribution in [-0.4, -0.2) is 21.9 Å². The summed E-state index contributed by atoms with van der Waals surface area (Å²) in [4.78, 5) is 1.36. The Kier molecular flexibility index (Phi) is 4.67. The summed E-state index contributed by atoms with van der Waals surface area (Å²) in [5, 5.41) is 0.639. The van der Waals surface area contributed by atoms with Gasteiger partial charge in [-0.3, -0.25) is 0 Å². The molecule has 1 rings (SSSR count). The van der Waals surface area contributed by atoms with Gasteiger partial charge >= 0.3 is 0 Å². The highest BCUT2D eigenvalue weighted by atomic mass is 127. The standard InChI is InChI=1S/C8H12I2OS/c1-8(2)7(4-10)12-6(3-9)5-11-8/h4,6H,3,5H2,1-2H3/b7-4+. The summed E-state index contributed by atoms with van der Waals surface area (Å²) in [6, 6.07) is 0. The molecule has 1 fully saturated rings. The molecule has 1 saturated heterocycles. The Morgan fingerprint density at radius 1 is 1.75 bits per heavy atom. The molecule has 1 nitrogen and oxygen atoms in total. The third-order valence-electron chi connectivity index (χ3n) is 1.79. The third-order valence-corrected chi connectivity index (χ3v) is 5.99. The van der Waals surface area contributed by atoms with Crippen LogP contribution in [0.5, 0.6) is 0 Å². The predicted octanol–water partition coefficient (Wildman–Crippen LogP) is 3.61. The molecule has 12 heavy (non-hydrogen) atoms. The molecule has 1 unspecified atom stereocenters. The topological polar surface area (TPSA) is 9.23 Å². The van der Waals surface area contributed by atoms with Gasteiger partial charge in [-0.05, 0) is 17.9 Å². The Bertz CT molecular complexity index is 191. The quantitative estimate of drug-likeness (QED) is 0.483. The first-order valence-electron chi connectivity index (χ1n) is 3.77. The summed E-state index contributed by atoms with van der Waals surface area (Å²) < 4.78 is 9.07. The first kappa shape index (κ1) is 11.6. The molecule has 1 aliphatic heterocycles. The van der Waals surface area contributed by atoms with Gasteiger partial charge in [0.05, 0.1) is 12.2 Å². The molecule has 0 aromatic heterocycles. The smallest absolute Gasteiger partial charge is 0.0938 e. The number of rotatable bonds is 1. The second-order valence-corrected chi connectivity index (χ2v) is 6.03. The van der Waals surface area contributed by atoms with Crippen molar-refractivity contribution in [3.8, 4) is 0 Å². The van der Waals surface area contributed by atoms with Gasteiger partial charge < -0.3 is 4.74 Å². The highest BCUT2D eigenvalue weighted by Crippen LogP contribution is 2.40. The van der Waals surface area contributed by atoms with Gasteiger partial charge in [0.2, 0.25) is 0 Å². The summed E-state index contributed by atoms with van der Waals surface area (Å²) in [6.45, 7) is 5.15. The van der Waals surface area contributed by atoms with Crippen LogP contribution in [0.3, 0.4) is 0 Å². The van der Waals surface area contributed by atoms with Crippen molar-refractivity contribution >= 4 is 56.9 Å². The number of hydrogen-bond donors (Lipinski definition) is 0. The number of alkyl halides is 1. The van der Waals surface area contributed by atoms with Gasteiger partial charge in [0.15, 0.2) is 0 Å². The molecule has 0 spiro atoms. The van der Waals surface area contributed by atoms with Gasteiger partial charge in [0, 0.05) is 14.6 Å². The Morgan fingerprint density at radius 2 is 2.42 bits per heavy atom. The van der Waals surface area contributed by atoms with E-state index in [0.29, 0.717) is 5.25 Å². The minimum absolute atomic E-state index is 0.0613. The van der Waals surface area contributed by atoms with E-state index >= 15 is 0 Å². The maximum atomic E-state index is 5.77. The molecule has 1 aliphatic rings. The van der Waals surface area contributed by atoms with Crippen molar-refractivity contribution < 1.29 is 4.74 Å². The van der Waals surface area contributed by atoms with Crippen molar-refractivity contribution in [1.82, 2.24) is 0 Å². The SMILES string of the molecule is CC1(C)OCC(CI)S/C1=C/I. The van der Waals surface area contributed by atoms with E-state index in [4.69, 9.17) is 4.74 Å². The summed E-state index contributed by atoms with van der Waals surface area (Å²) in [7, 11) is 0. The molecule has 1 heterocycles. The van der Waals surface area contributed by atoms with Crippen LogP contribution in [-0.2, 0) is 4.74 Å². The number of halogens is 2. The van der Waals surface area contributed by atoms with Crippen molar-refractivity contribution in [2.75, 3.05) is 11.0 Å². The number of thioether (sulfide) groups is 1. The number of ether oxygens (including phenoxy) is 1. The second kappa shape index (κ2) is 4.84. The fraction of sp³-hybridized carbons (Fsp3) is 0.750. The van der Waals surface area contributed by atoms with Crippen LogP contribution < -0.4 is 0 Å². The van der Waals surface area contributed by atoms with Crippen molar-refractivity contribution in [2.45, 2.75) is 24.7 Å². The van der Waals surface area contributed by atoms with Gasteiger partial charge in [-0.1, -0.05) is 45.2 Å². The lowest BCUT2D eigenvalue weighted by Gasteiger charge is -2.36. The third kappa shape index (κ3) is 2.75. The van der Waals surface area contributed by atoms with Gasteiger partial charge in [-0.25, -0.2) is 0 Å². The lowest BCUT2D eigenvalue weighted by Crippen LogP contribution is -2.35. The van der Waals surface area contributed by atoms with Crippen LogP contribution in [0.25, 0.3) is 0 Å². The van der Waals surface area contributed by atoms with E-state index in [0.717, 1.165) is 11.0 Å². The molecule has 0 radical (unpaired) electrons. The summed E-state index contributed by atoms with van der Waals surface area (Å²) in [5.74, 6) is 0. The van der Waals surface area contributed by atoms with Crippen molar-refractivity contribution in [3.05, 3.63) is 8.99 Å². The lowest BCUT2D eigenvalue weighted by molar-refractivity contribution is 0.0146. The Hall–Kier alpha value is 1.51. The first-order valence-corrected chi connectivity index (χ1v) is 7.42. The van der Waals surface area contributed by atoms with Crippen LogP contribution >= 0.6 is 56.9 Å². The molecule has 1 atom stereocenters. The molecule has 0 amide bonds. The normalized spacial score (nSPS) is 32.3. The molecule has 0 bridgehead atoms. The van der Waals surface area contributed by atoms with E-state index < -0.39 is 0 Å². The molecule has 0 N–H and O–H groups in total. The molecule has 0 aromatic rings. The maximum Gasteiger partial charge on any atom is 0.0938 e. The number of hydrogen-bond acceptors (Lipinski definition) is 2. The highest BCUT2D eigenvalue weighted by Gasteiger charge is 2.32. The van der Waals surface area contributed by atoms with Crippen molar-refractivity contribution in [3.63, 3.8) is 0 Å². The van der Waals surface area contributed by atoms with E-state index in [1.165, 1.54) is 4.91 Å². The Morgan fingerprint density at radius 3 is 2.92 bits per heavy atom. The molecule has 0 aromatic carbocycles. The van der Waals surface area contributed by atoms with Crippen LogP contribution in [0.15, 0.2) is 8.99 Å². The summed E-state index contributed by atoms with van der Waals surface area (Å²) in [6.07, 6.45) is 0. The fourth-order valence-corrected chi connectivity index (χ4v) is 3.90. The van der Waals surface area contributed by atoms with E-state index in [-0.39, 0.29) is 5.60 Å². The van der Waals surface area contributed by atoms with Gasteiger partial charge in [0.1, 0.15) is 0 Å². The van der Waals surface area contributed by atoms with E-state index in [1.807, 2.05) is 11.8 Å². The molecular weight excluding hydrogens is 398 g/mol. The summed E-state index contributed by atoms with van der Waals surface area (Å²) in [5.41, 5.74) is -0.0613. The first-order chi connectivity index (χ1) is 5.60. The minimum Gasteiger partial charge on any atom is -0.369 e. The van der Waals surface area contributed by atoms with Crippen LogP contribution in [0, 0.1) is 0 Å². The average Bonchev–Trinajstić information content (AvgIpc) is 2.04. The average molecular weight is 410 g/mol. The monoisotopic (exact) mass is 410 g/mol. The Balaban J connectivity index is 2.67. The molecular formula is C8H12I2OS. The zero-order chi connectivity index (χ0) is 9.19. The van der Waals surface area contributed by atoms with Crippen molar-refractivity contribution in [2.24, 2.45) is 0 Å². The summed E-state index contributed by atoms with van der Waals surface area (Å²) >= 11 is 6.67. The largest absolute Gasteiger partial charge is 0.369 e.